The molecule has 1 saturated heterocycles. The lowest BCUT2D eigenvalue weighted by Gasteiger charge is -2.26. The first-order valence-electron chi connectivity index (χ1n) is 13.3. The summed E-state index contributed by atoms with van der Waals surface area (Å²) >= 11 is 0. The highest BCUT2D eigenvalue weighted by Crippen LogP contribution is 2.32. The van der Waals surface area contributed by atoms with Gasteiger partial charge in [0.25, 0.3) is 0 Å². The number of Topliss-reactive ketones (excluding diaryl/α,β-unsaturated/α-hetero) is 1. The molecule has 5 rings (SSSR count). The number of carbonyl (C=O) groups is 3. The van der Waals surface area contributed by atoms with E-state index < -0.39 is 24.7 Å². The summed E-state index contributed by atoms with van der Waals surface area (Å²) in [5.41, 5.74) is 2.33. The molecule has 0 radical (unpaired) electrons. The zero-order valence-corrected chi connectivity index (χ0v) is 23.4. The van der Waals surface area contributed by atoms with E-state index in [4.69, 9.17) is 0 Å². The average molecular weight is 583 g/mol. The number of benzene rings is 1. The fourth-order valence-electron chi connectivity index (χ4n) is 5.22. The number of halogens is 3. The van der Waals surface area contributed by atoms with Gasteiger partial charge in [0.15, 0.2) is 11.6 Å². The van der Waals surface area contributed by atoms with Crippen LogP contribution in [0.3, 0.4) is 0 Å². The SMILES string of the molecule is CC(=O)c1nn(CC(=O)N2C[C@@H](C)[C@@H](C)[C@H]2C(=O)Nc2ccn(CC(F)(F)F)n2)c2ccc(-c3cnc(C)nc3)cc12. The largest absolute Gasteiger partial charge is 0.408 e. The minimum Gasteiger partial charge on any atom is -0.328 e. The number of ketones is 1. The number of nitrogens with one attached hydrogen (secondary N) is 1. The van der Waals surface area contributed by atoms with E-state index in [1.165, 1.54) is 22.6 Å². The number of likely N-dealkylation sites (tertiary alicyclic amines) is 1. The first-order valence-corrected chi connectivity index (χ1v) is 13.3. The van der Waals surface area contributed by atoms with Gasteiger partial charge in [-0.15, -0.1) is 0 Å². The van der Waals surface area contributed by atoms with E-state index >= 15 is 0 Å². The second-order valence-corrected chi connectivity index (χ2v) is 10.6. The molecule has 0 aliphatic carbocycles. The van der Waals surface area contributed by atoms with E-state index in [0.717, 1.165) is 17.3 Å². The molecule has 1 aliphatic heterocycles. The van der Waals surface area contributed by atoms with E-state index in [9.17, 15) is 27.6 Å². The topological polar surface area (TPSA) is 128 Å². The molecule has 1 N–H and O–H groups in total. The Morgan fingerprint density at radius 3 is 2.43 bits per heavy atom. The monoisotopic (exact) mass is 582 g/mol. The molecule has 2 amide bonds. The summed E-state index contributed by atoms with van der Waals surface area (Å²) < 4.78 is 40.2. The summed E-state index contributed by atoms with van der Waals surface area (Å²) in [6, 6.07) is 5.81. The molecular formula is C28H29F3N8O3. The van der Waals surface area contributed by atoms with Crippen molar-refractivity contribution in [1.82, 2.24) is 34.4 Å². The Balaban J connectivity index is 1.38. The van der Waals surface area contributed by atoms with Crippen LogP contribution < -0.4 is 5.32 Å². The summed E-state index contributed by atoms with van der Waals surface area (Å²) in [5.74, 6) is -0.857. The van der Waals surface area contributed by atoms with Crippen molar-refractivity contribution in [2.24, 2.45) is 11.8 Å². The Hall–Kier alpha value is -4.62. The number of hydrogen-bond donors (Lipinski definition) is 1. The highest BCUT2D eigenvalue weighted by atomic mass is 19.4. The number of carbonyl (C=O) groups excluding carboxylic acids is 3. The smallest absolute Gasteiger partial charge is 0.328 e. The molecule has 0 bridgehead atoms. The number of alkyl halides is 3. The molecule has 4 heterocycles. The van der Waals surface area contributed by atoms with Gasteiger partial charge in [0.2, 0.25) is 11.8 Å². The quantitative estimate of drug-likeness (QED) is 0.328. The molecule has 42 heavy (non-hydrogen) atoms. The molecule has 11 nitrogen and oxygen atoms in total. The normalized spacial score (nSPS) is 18.9. The van der Waals surface area contributed by atoms with E-state index in [1.807, 2.05) is 26.0 Å². The van der Waals surface area contributed by atoms with Gasteiger partial charge in [0, 0.05) is 49.1 Å². The average Bonchev–Trinajstić information content (AvgIpc) is 3.59. The Kier molecular flexibility index (Phi) is 7.56. The summed E-state index contributed by atoms with van der Waals surface area (Å²) in [7, 11) is 0. The third kappa shape index (κ3) is 5.87. The zero-order chi connectivity index (χ0) is 30.3. The second kappa shape index (κ2) is 11.0. The van der Waals surface area contributed by atoms with Gasteiger partial charge in [-0.25, -0.2) is 9.97 Å². The van der Waals surface area contributed by atoms with E-state index in [2.05, 4.69) is 25.5 Å². The van der Waals surface area contributed by atoms with Gasteiger partial charge in [-0.05, 0) is 36.5 Å². The van der Waals surface area contributed by atoms with Crippen LogP contribution in [0.5, 0.6) is 0 Å². The Bertz CT molecular complexity index is 1660. The van der Waals surface area contributed by atoms with E-state index in [1.54, 1.807) is 25.4 Å². The molecule has 3 atom stereocenters. The minimum atomic E-state index is -4.46. The molecule has 0 saturated carbocycles. The van der Waals surface area contributed by atoms with Gasteiger partial charge in [0.1, 0.15) is 30.6 Å². The third-order valence-electron chi connectivity index (χ3n) is 7.52. The van der Waals surface area contributed by atoms with Crippen LogP contribution in [-0.2, 0) is 22.7 Å². The number of anilines is 1. The predicted molar refractivity (Wildman–Crippen MR) is 146 cm³/mol. The Labute approximate surface area is 238 Å². The van der Waals surface area contributed by atoms with Crippen LogP contribution >= 0.6 is 0 Å². The van der Waals surface area contributed by atoms with E-state index in [-0.39, 0.29) is 41.6 Å². The highest BCUT2D eigenvalue weighted by molar-refractivity contribution is 6.06. The maximum atomic E-state index is 13.6. The number of rotatable bonds is 7. The van der Waals surface area contributed by atoms with Gasteiger partial charge in [-0.1, -0.05) is 19.9 Å². The molecule has 14 heteroatoms. The van der Waals surface area contributed by atoms with Crippen molar-refractivity contribution >= 4 is 34.3 Å². The van der Waals surface area contributed by atoms with Crippen LogP contribution in [0.25, 0.3) is 22.0 Å². The molecule has 1 aliphatic rings. The van der Waals surface area contributed by atoms with Crippen LogP contribution in [0.1, 0.15) is 37.1 Å². The van der Waals surface area contributed by atoms with Crippen molar-refractivity contribution in [3.63, 3.8) is 0 Å². The van der Waals surface area contributed by atoms with Crippen LogP contribution in [0.2, 0.25) is 0 Å². The van der Waals surface area contributed by atoms with Gasteiger partial charge < -0.3 is 10.2 Å². The van der Waals surface area contributed by atoms with Crippen molar-refractivity contribution in [1.29, 1.82) is 0 Å². The predicted octanol–water partition coefficient (Wildman–Crippen LogP) is 3.88. The van der Waals surface area contributed by atoms with Gasteiger partial charge in [0.05, 0.1) is 5.52 Å². The number of hydrogen-bond acceptors (Lipinski definition) is 7. The minimum absolute atomic E-state index is 0.0195. The van der Waals surface area contributed by atoms with Crippen molar-refractivity contribution in [3.05, 3.63) is 54.4 Å². The fourth-order valence-corrected chi connectivity index (χ4v) is 5.22. The number of aryl methyl sites for hydroxylation is 1. The lowest BCUT2D eigenvalue weighted by atomic mass is 9.93. The van der Waals surface area contributed by atoms with Gasteiger partial charge in [-0.2, -0.15) is 23.4 Å². The maximum Gasteiger partial charge on any atom is 0.408 e. The van der Waals surface area contributed by atoms with Crippen LogP contribution in [0.15, 0.2) is 42.9 Å². The molecule has 0 unspecified atom stereocenters. The molecule has 1 aromatic carbocycles. The molecule has 3 aromatic heterocycles. The Morgan fingerprint density at radius 1 is 1.05 bits per heavy atom. The Morgan fingerprint density at radius 2 is 1.76 bits per heavy atom. The van der Waals surface area contributed by atoms with E-state index in [0.29, 0.717) is 28.0 Å². The van der Waals surface area contributed by atoms with Crippen molar-refractivity contribution in [2.75, 3.05) is 11.9 Å². The lowest BCUT2D eigenvalue weighted by Crippen LogP contribution is -2.46. The van der Waals surface area contributed by atoms with Crippen molar-refractivity contribution in [3.8, 4) is 11.1 Å². The van der Waals surface area contributed by atoms with Crippen molar-refractivity contribution < 1.29 is 27.6 Å². The van der Waals surface area contributed by atoms with Gasteiger partial charge in [-0.3, -0.25) is 23.7 Å². The summed E-state index contributed by atoms with van der Waals surface area (Å²) in [5, 5.41) is 11.3. The van der Waals surface area contributed by atoms with Crippen LogP contribution in [0, 0.1) is 18.8 Å². The number of aromatic nitrogens is 6. The lowest BCUT2D eigenvalue weighted by molar-refractivity contribution is -0.142. The molecule has 220 valence electrons. The first kappa shape index (κ1) is 28.9. The summed E-state index contributed by atoms with van der Waals surface area (Å²) in [4.78, 5) is 49.3. The molecule has 4 aromatic rings. The standard InChI is InChI=1S/C28H29F3N8O3/c1-15-12-38(26(16(15)2)27(42)34-23-7-8-37(35-23)14-28(29,30)31)24(41)13-39-22-6-5-19(20-10-32-18(4)33-11-20)9-21(22)25(36-39)17(3)40/h5-11,15-16,26H,12-14H2,1-4H3,(H,34,35,42)/t15-,16-,26+/m1/s1. The number of nitrogens with zero attached hydrogens (tertiary/aromatic N) is 7. The third-order valence-corrected chi connectivity index (χ3v) is 7.52. The van der Waals surface area contributed by atoms with Gasteiger partial charge >= 0.3 is 6.18 Å². The summed E-state index contributed by atoms with van der Waals surface area (Å²) in [6.45, 7) is 5.74. The highest BCUT2D eigenvalue weighted by Gasteiger charge is 2.44. The first-order chi connectivity index (χ1) is 19.8. The molecule has 1 fully saturated rings. The molecule has 0 spiro atoms. The fraction of sp³-hybridized carbons (Fsp3) is 0.393. The summed E-state index contributed by atoms with van der Waals surface area (Å²) in [6.07, 6.45) is 0.0417. The maximum absolute atomic E-state index is 13.6. The van der Waals surface area contributed by atoms with Crippen LogP contribution in [-0.4, -0.2) is 70.8 Å². The number of fused-ring (bicyclic) bond motifs is 1. The number of amides is 2. The second-order valence-electron chi connectivity index (χ2n) is 10.6. The zero-order valence-electron chi connectivity index (χ0n) is 23.4. The van der Waals surface area contributed by atoms with Crippen molar-refractivity contribution in [2.45, 2.75) is 53.0 Å². The molecular weight excluding hydrogens is 553 g/mol. The van der Waals surface area contributed by atoms with Crippen LogP contribution in [0.4, 0.5) is 19.0 Å².